The van der Waals surface area contributed by atoms with E-state index in [1.807, 2.05) is 0 Å². The molecule has 0 aliphatic heterocycles. The van der Waals surface area contributed by atoms with Gasteiger partial charge in [-0.25, -0.2) is 0 Å². The summed E-state index contributed by atoms with van der Waals surface area (Å²) in [6.45, 7) is 0. The van der Waals surface area contributed by atoms with Gasteiger partial charge in [0.1, 0.15) is 0 Å². The monoisotopic (exact) mass is 139 g/mol. The number of carbonyl (C=O) groups is 1. The van der Waals surface area contributed by atoms with E-state index in [0.29, 0.717) is 6.42 Å². The van der Waals surface area contributed by atoms with Crippen molar-refractivity contribution in [1.82, 2.24) is 5.32 Å². The topological polar surface area (TPSA) is 42.2 Å². The molecule has 0 bridgehead atoms. The Balaban J connectivity index is 2.48. The van der Waals surface area contributed by atoms with E-state index in [1.54, 1.807) is 25.6 Å². The summed E-state index contributed by atoms with van der Waals surface area (Å²) < 4.78 is 4.78. The van der Waals surface area contributed by atoms with Crippen molar-refractivity contribution in [3.05, 3.63) is 24.2 Å². The molecule has 0 saturated heterocycles. The number of likely N-dealkylation sites (N-methyl/N-ethyl adjacent to an activating group) is 1. The fraction of sp³-hybridized carbons (Fsp3) is 0.286. The van der Waals surface area contributed by atoms with E-state index in [0.717, 1.165) is 5.56 Å². The molecule has 1 aromatic heterocycles. The van der Waals surface area contributed by atoms with Crippen molar-refractivity contribution in [1.29, 1.82) is 0 Å². The van der Waals surface area contributed by atoms with Crippen LogP contribution in [-0.2, 0) is 11.2 Å². The van der Waals surface area contributed by atoms with Gasteiger partial charge in [0.2, 0.25) is 5.91 Å². The van der Waals surface area contributed by atoms with Crippen molar-refractivity contribution in [2.75, 3.05) is 7.05 Å². The van der Waals surface area contributed by atoms with Crippen molar-refractivity contribution in [3.8, 4) is 0 Å². The molecule has 3 nitrogen and oxygen atoms in total. The fourth-order valence-corrected chi connectivity index (χ4v) is 0.667. The zero-order valence-electron chi connectivity index (χ0n) is 5.76. The number of hydrogen-bond acceptors (Lipinski definition) is 2. The normalized spacial score (nSPS) is 9.30. The van der Waals surface area contributed by atoms with Crippen LogP contribution in [0.2, 0.25) is 0 Å². The molecular formula is C7H9NO2. The zero-order chi connectivity index (χ0) is 7.40. The first-order valence-corrected chi connectivity index (χ1v) is 3.04. The summed E-state index contributed by atoms with van der Waals surface area (Å²) in [6, 6.07) is 1.77. The lowest BCUT2D eigenvalue weighted by molar-refractivity contribution is -0.119. The van der Waals surface area contributed by atoms with Gasteiger partial charge in [-0.05, 0) is 11.6 Å². The van der Waals surface area contributed by atoms with Gasteiger partial charge < -0.3 is 9.73 Å². The van der Waals surface area contributed by atoms with Crippen LogP contribution in [0, 0.1) is 0 Å². The van der Waals surface area contributed by atoms with Crippen LogP contribution in [-0.4, -0.2) is 13.0 Å². The van der Waals surface area contributed by atoms with Gasteiger partial charge in [-0.3, -0.25) is 4.79 Å². The van der Waals surface area contributed by atoms with Gasteiger partial charge in [0.25, 0.3) is 0 Å². The Bertz CT molecular complexity index is 203. The number of amides is 1. The Morgan fingerprint density at radius 1 is 1.80 bits per heavy atom. The highest BCUT2D eigenvalue weighted by Crippen LogP contribution is 1.99. The molecule has 10 heavy (non-hydrogen) atoms. The molecule has 0 atom stereocenters. The van der Waals surface area contributed by atoms with E-state index in [9.17, 15) is 4.79 Å². The van der Waals surface area contributed by atoms with Gasteiger partial charge in [-0.1, -0.05) is 0 Å². The maximum Gasteiger partial charge on any atom is 0.224 e. The van der Waals surface area contributed by atoms with Crippen LogP contribution in [0.15, 0.2) is 23.0 Å². The predicted octanol–water partition coefficient (Wildman–Crippen LogP) is 0.568. The van der Waals surface area contributed by atoms with Crippen LogP contribution in [0.4, 0.5) is 0 Å². The molecule has 0 aliphatic rings. The van der Waals surface area contributed by atoms with Crippen LogP contribution >= 0.6 is 0 Å². The smallest absolute Gasteiger partial charge is 0.224 e. The minimum Gasteiger partial charge on any atom is -0.472 e. The minimum atomic E-state index is 0.00130. The van der Waals surface area contributed by atoms with Crippen LogP contribution in [0.3, 0.4) is 0 Å². The molecule has 1 aromatic rings. The van der Waals surface area contributed by atoms with Crippen molar-refractivity contribution < 1.29 is 9.21 Å². The number of hydrogen-bond donors (Lipinski definition) is 1. The first-order valence-electron chi connectivity index (χ1n) is 3.04. The fourth-order valence-electron chi connectivity index (χ4n) is 0.667. The van der Waals surface area contributed by atoms with E-state index in [-0.39, 0.29) is 5.91 Å². The Labute approximate surface area is 59.0 Å². The Hall–Kier alpha value is -1.25. The lowest BCUT2D eigenvalue weighted by atomic mass is 10.2. The quantitative estimate of drug-likeness (QED) is 0.650. The second-order valence-corrected chi connectivity index (χ2v) is 1.98. The Kier molecular flexibility index (Phi) is 2.10. The van der Waals surface area contributed by atoms with E-state index in [1.165, 1.54) is 0 Å². The summed E-state index contributed by atoms with van der Waals surface area (Å²) in [6.07, 6.45) is 3.51. The number of carbonyl (C=O) groups excluding carboxylic acids is 1. The molecule has 0 unspecified atom stereocenters. The maximum atomic E-state index is 10.7. The first-order chi connectivity index (χ1) is 4.83. The van der Waals surface area contributed by atoms with Crippen LogP contribution in [0.25, 0.3) is 0 Å². The molecule has 3 heteroatoms. The molecule has 0 fully saturated rings. The van der Waals surface area contributed by atoms with E-state index >= 15 is 0 Å². The summed E-state index contributed by atoms with van der Waals surface area (Å²) in [5.74, 6) is 0.00130. The van der Waals surface area contributed by atoms with Crippen LogP contribution in [0.1, 0.15) is 5.56 Å². The molecule has 0 radical (unpaired) electrons. The first kappa shape index (κ1) is 6.86. The zero-order valence-corrected chi connectivity index (χ0v) is 5.76. The molecule has 0 aromatic carbocycles. The summed E-state index contributed by atoms with van der Waals surface area (Å²) in [7, 11) is 1.61. The van der Waals surface area contributed by atoms with Gasteiger partial charge in [-0.15, -0.1) is 0 Å². The molecule has 1 amide bonds. The van der Waals surface area contributed by atoms with Crippen molar-refractivity contribution >= 4 is 5.91 Å². The summed E-state index contributed by atoms with van der Waals surface area (Å²) in [4.78, 5) is 10.7. The molecule has 1 heterocycles. The maximum absolute atomic E-state index is 10.7. The average Bonchev–Trinajstić information content (AvgIpc) is 2.40. The molecule has 54 valence electrons. The summed E-state index contributed by atoms with van der Waals surface area (Å²) >= 11 is 0. The average molecular weight is 139 g/mol. The highest BCUT2D eigenvalue weighted by Gasteiger charge is 1.99. The molecule has 1 N–H and O–H groups in total. The van der Waals surface area contributed by atoms with Crippen LogP contribution < -0.4 is 5.32 Å². The highest BCUT2D eigenvalue weighted by molar-refractivity contribution is 5.77. The number of rotatable bonds is 2. The Morgan fingerprint density at radius 3 is 3.10 bits per heavy atom. The third-order valence-corrected chi connectivity index (χ3v) is 1.22. The summed E-state index contributed by atoms with van der Waals surface area (Å²) in [5.41, 5.74) is 0.902. The minimum absolute atomic E-state index is 0.00130. The molecule has 1 rings (SSSR count). The van der Waals surface area contributed by atoms with Crippen molar-refractivity contribution in [2.45, 2.75) is 6.42 Å². The number of nitrogens with one attached hydrogen (secondary N) is 1. The molecule has 0 saturated carbocycles. The van der Waals surface area contributed by atoms with E-state index in [4.69, 9.17) is 4.42 Å². The van der Waals surface area contributed by atoms with Gasteiger partial charge in [-0.2, -0.15) is 0 Å². The second-order valence-electron chi connectivity index (χ2n) is 1.98. The SMILES string of the molecule is CNC(=O)Cc1ccoc1. The number of furan rings is 1. The third-order valence-electron chi connectivity index (χ3n) is 1.22. The predicted molar refractivity (Wildman–Crippen MR) is 36.5 cm³/mol. The summed E-state index contributed by atoms with van der Waals surface area (Å²) in [5, 5.41) is 2.52. The van der Waals surface area contributed by atoms with Gasteiger partial charge in [0.15, 0.2) is 0 Å². The third kappa shape index (κ3) is 1.62. The largest absolute Gasteiger partial charge is 0.472 e. The van der Waals surface area contributed by atoms with Crippen LogP contribution in [0.5, 0.6) is 0 Å². The van der Waals surface area contributed by atoms with Crippen molar-refractivity contribution in [3.63, 3.8) is 0 Å². The Morgan fingerprint density at radius 2 is 2.60 bits per heavy atom. The van der Waals surface area contributed by atoms with Gasteiger partial charge in [0, 0.05) is 7.05 Å². The lowest BCUT2D eigenvalue weighted by Crippen LogP contribution is -2.19. The molecular weight excluding hydrogens is 130 g/mol. The lowest BCUT2D eigenvalue weighted by Gasteiger charge is -1.93. The van der Waals surface area contributed by atoms with Gasteiger partial charge in [0.05, 0.1) is 18.9 Å². The van der Waals surface area contributed by atoms with E-state index in [2.05, 4.69) is 5.32 Å². The second kappa shape index (κ2) is 3.06. The van der Waals surface area contributed by atoms with E-state index < -0.39 is 0 Å². The molecule has 0 spiro atoms. The molecule has 0 aliphatic carbocycles. The standard InChI is InChI=1S/C7H9NO2/c1-8-7(9)4-6-2-3-10-5-6/h2-3,5H,4H2,1H3,(H,8,9). The van der Waals surface area contributed by atoms with Crippen molar-refractivity contribution in [2.24, 2.45) is 0 Å². The van der Waals surface area contributed by atoms with Gasteiger partial charge >= 0.3 is 0 Å². The highest BCUT2D eigenvalue weighted by atomic mass is 16.3.